The van der Waals surface area contributed by atoms with Crippen LogP contribution in [0.15, 0.2) is 103 Å². The van der Waals surface area contributed by atoms with E-state index in [1.165, 1.54) is 0 Å². The molecule has 0 aliphatic rings. The molecule has 7 heteroatoms. The van der Waals surface area contributed by atoms with Gasteiger partial charge in [0.2, 0.25) is 0 Å². The van der Waals surface area contributed by atoms with E-state index in [0.29, 0.717) is 23.2 Å². The Morgan fingerprint density at radius 2 is 1.48 bits per heavy atom. The zero-order valence-electron chi connectivity index (χ0n) is 24.0. The van der Waals surface area contributed by atoms with Crippen molar-refractivity contribution >= 4 is 61.7 Å². The molecule has 1 aromatic heterocycles. The van der Waals surface area contributed by atoms with Gasteiger partial charge in [0.25, 0.3) is 5.91 Å². The molecule has 6 aromatic rings. The average molecular weight is 577 g/mol. The number of imidazole rings is 1. The number of nitrogen functional groups attached to an aromatic ring is 1. The van der Waals surface area contributed by atoms with Gasteiger partial charge in [-0.1, -0.05) is 84.4 Å². The second-order valence-corrected chi connectivity index (χ2v) is 11.4. The molecule has 0 unspecified atom stereocenters. The zero-order valence-corrected chi connectivity index (χ0v) is 24.8. The summed E-state index contributed by atoms with van der Waals surface area (Å²) in [6.07, 6.45) is 0.948. The number of hydrogen-bond acceptors (Lipinski definition) is 3. The summed E-state index contributed by atoms with van der Waals surface area (Å²) < 4.78 is 4.04. The maximum atomic E-state index is 14.4. The van der Waals surface area contributed by atoms with Crippen molar-refractivity contribution in [1.82, 2.24) is 9.47 Å². The molecule has 0 radical (unpaired) electrons. The number of fused-ring (bicyclic) bond motifs is 3. The number of para-hydroxylation sites is 3. The van der Waals surface area contributed by atoms with Crippen LogP contribution in [-0.4, -0.2) is 36.0 Å². The quantitative estimate of drug-likeness (QED) is 0.155. The number of aryl methyl sites for hydroxylation is 1. The Kier molecular flexibility index (Phi) is 7.83. The van der Waals surface area contributed by atoms with Gasteiger partial charge < -0.3 is 9.80 Å². The minimum atomic E-state index is -0.0898. The predicted octanol–water partition coefficient (Wildman–Crippen LogP) is 6.66. The molecule has 5 aromatic carbocycles. The highest BCUT2D eigenvalue weighted by Crippen LogP contribution is 2.33. The van der Waals surface area contributed by atoms with Gasteiger partial charge in [-0.25, -0.2) is 9.13 Å². The van der Waals surface area contributed by atoms with Crippen molar-refractivity contribution < 1.29 is 9.36 Å². The van der Waals surface area contributed by atoms with E-state index in [0.717, 1.165) is 57.7 Å². The van der Waals surface area contributed by atoms with Crippen LogP contribution in [0, 0.1) is 0 Å². The van der Waals surface area contributed by atoms with Gasteiger partial charge in [-0.2, -0.15) is 0 Å². The van der Waals surface area contributed by atoms with Crippen LogP contribution < -0.4 is 15.2 Å². The molecule has 0 fully saturated rings. The number of aromatic nitrogens is 2. The van der Waals surface area contributed by atoms with Crippen molar-refractivity contribution in [3.05, 3.63) is 114 Å². The SMILES string of the molecule is CN(C)CCCn1c(N)[n+](CC(=O)N(Cc2c3ccccc3cc3ccccc23)c2ccccc2Cl)c2ccccc21. The Labute approximate surface area is 251 Å². The van der Waals surface area contributed by atoms with Crippen LogP contribution in [0.3, 0.4) is 0 Å². The van der Waals surface area contributed by atoms with Gasteiger partial charge in [0.05, 0.1) is 23.8 Å². The summed E-state index contributed by atoms with van der Waals surface area (Å²) in [5.74, 6) is 0.478. The summed E-state index contributed by atoms with van der Waals surface area (Å²) in [5.41, 5.74) is 10.5. The largest absolute Gasteiger partial charge is 0.356 e. The molecule has 0 spiro atoms. The Morgan fingerprint density at radius 3 is 2.17 bits per heavy atom. The number of nitrogens with two attached hydrogens (primary N) is 1. The average Bonchev–Trinajstić information content (AvgIpc) is 3.25. The lowest BCUT2D eigenvalue weighted by Gasteiger charge is -2.25. The van der Waals surface area contributed by atoms with Gasteiger partial charge in [-0.05, 0) is 78.0 Å². The molecule has 42 heavy (non-hydrogen) atoms. The lowest BCUT2D eigenvalue weighted by atomic mass is 9.96. The number of anilines is 2. The lowest BCUT2D eigenvalue weighted by Crippen LogP contribution is -2.46. The van der Waals surface area contributed by atoms with E-state index >= 15 is 0 Å². The maximum absolute atomic E-state index is 14.4. The second kappa shape index (κ2) is 11.8. The van der Waals surface area contributed by atoms with E-state index in [1.54, 1.807) is 4.90 Å². The minimum absolute atomic E-state index is 0.0843. The molecular weight excluding hydrogens is 542 g/mol. The molecule has 0 aliphatic carbocycles. The van der Waals surface area contributed by atoms with Crippen LogP contribution in [0.25, 0.3) is 32.6 Å². The van der Waals surface area contributed by atoms with Gasteiger partial charge >= 0.3 is 5.95 Å². The standard InChI is InChI=1S/C35H34ClN5O/c1-38(2)20-11-21-39-32-18-9-10-19-33(32)41(35(39)37)24-34(42)40(31-17-8-7-16-30(31)36)23-29-27-14-5-3-12-25(27)22-26-13-4-6-15-28(26)29/h3-10,12-19,22,37H,11,20-21,23-24H2,1-2H3/p+1. The topological polar surface area (TPSA) is 58.4 Å². The Balaban J connectivity index is 1.44. The van der Waals surface area contributed by atoms with Crippen molar-refractivity contribution in [1.29, 1.82) is 0 Å². The number of halogens is 1. The van der Waals surface area contributed by atoms with Crippen LogP contribution in [0.5, 0.6) is 0 Å². The van der Waals surface area contributed by atoms with Crippen LogP contribution in [0.4, 0.5) is 11.6 Å². The van der Waals surface area contributed by atoms with E-state index in [9.17, 15) is 4.79 Å². The molecular formula is C35H35ClN5O+. The molecule has 0 bridgehead atoms. The normalized spacial score (nSPS) is 11.6. The zero-order chi connectivity index (χ0) is 29.2. The number of rotatable bonds is 9. The second-order valence-electron chi connectivity index (χ2n) is 11.0. The maximum Gasteiger partial charge on any atom is 0.356 e. The fourth-order valence-electron chi connectivity index (χ4n) is 5.89. The van der Waals surface area contributed by atoms with Gasteiger partial charge in [0.15, 0.2) is 6.54 Å². The Morgan fingerprint density at radius 1 is 0.857 bits per heavy atom. The molecule has 1 amide bonds. The third-order valence-corrected chi connectivity index (χ3v) is 8.26. The van der Waals surface area contributed by atoms with E-state index in [2.05, 4.69) is 60.0 Å². The van der Waals surface area contributed by atoms with Crippen molar-refractivity contribution in [2.45, 2.75) is 26.1 Å². The van der Waals surface area contributed by atoms with Crippen molar-refractivity contribution in [3.63, 3.8) is 0 Å². The fraction of sp³-hybridized carbons (Fsp3) is 0.200. The van der Waals surface area contributed by atoms with E-state index in [-0.39, 0.29) is 12.5 Å². The highest BCUT2D eigenvalue weighted by molar-refractivity contribution is 6.33. The third kappa shape index (κ3) is 5.31. The van der Waals surface area contributed by atoms with Crippen LogP contribution in [-0.2, 0) is 24.4 Å². The fourth-order valence-corrected chi connectivity index (χ4v) is 6.13. The molecule has 212 valence electrons. The summed E-state index contributed by atoms with van der Waals surface area (Å²) >= 11 is 6.75. The van der Waals surface area contributed by atoms with Crippen LogP contribution in [0.2, 0.25) is 5.02 Å². The van der Waals surface area contributed by atoms with Gasteiger partial charge in [0.1, 0.15) is 11.0 Å². The summed E-state index contributed by atoms with van der Waals surface area (Å²) in [7, 11) is 4.14. The highest BCUT2D eigenvalue weighted by atomic mass is 35.5. The van der Waals surface area contributed by atoms with Gasteiger partial charge in [0, 0.05) is 6.54 Å². The molecule has 2 N–H and O–H groups in total. The van der Waals surface area contributed by atoms with Crippen molar-refractivity contribution in [3.8, 4) is 0 Å². The van der Waals surface area contributed by atoms with E-state index in [4.69, 9.17) is 17.3 Å². The molecule has 0 saturated heterocycles. The van der Waals surface area contributed by atoms with E-state index < -0.39 is 0 Å². The number of amides is 1. The molecule has 0 aliphatic heterocycles. The Bertz CT molecular complexity index is 1860. The first-order valence-corrected chi connectivity index (χ1v) is 14.7. The lowest BCUT2D eigenvalue weighted by molar-refractivity contribution is -0.644. The minimum Gasteiger partial charge on any atom is -0.309 e. The molecule has 1 heterocycles. The number of benzene rings is 5. The number of carbonyl (C=O) groups is 1. The monoisotopic (exact) mass is 576 g/mol. The molecule has 6 rings (SSSR count). The van der Waals surface area contributed by atoms with Crippen LogP contribution >= 0.6 is 11.6 Å². The summed E-state index contributed by atoms with van der Waals surface area (Å²) in [6.45, 7) is 2.17. The van der Waals surface area contributed by atoms with E-state index in [1.807, 2.05) is 71.3 Å². The molecule has 0 saturated carbocycles. The first-order chi connectivity index (χ1) is 20.4. The first kappa shape index (κ1) is 27.8. The van der Waals surface area contributed by atoms with Crippen LogP contribution in [0.1, 0.15) is 12.0 Å². The number of nitrogens with zero attached hydrogens (tertiary/aromatic N) is 4. The smallest absolute Gasteiger partial charge is 0.309 e. The molecule has 0 atom stereocenters. The highest BCUT2D eigenvalue weighted by Gasteiger charge is 2.27. The number of carbonyl (C=O) groups excluding carboxylic acids is 1. The summed E-state index contributed by atoms with van der Waals surface area (Å²) in [6, 6.07) is 34.5. The summed E-state index contributed by atoms with van der Waals surface area (Å²) in [4.78, 5) is 18.4. The predicted molar refractivity (Wildman–Crippen MR) is 174 cm³/mol. The van der Waals surface area contributed by atoms with Gasteiger partial charge in [-0.15, -0.1) is 0 Å². The first-order valence-electron chi connectivity index (χ1n) is 14.3. The Hall–Kier alpha value is -4.39. The van der Waals surface area contributed by atoms with Crippen molar-refractivity contribution in [2.75, 3.05) is 31.3 Å². The molecule has 6 nitrogen and oxygen atoms in total. The third-order valence-electron chi connectivity index (χ3n) is 7.94. The van der Waals surface area contributed by atoms with Gasteiger partial charge in [-0.3, -0.25) is 10.5 Å². The number of hydrogen-bond donors (Lipinski definition) is 1. The summed E-state index contributed by atoms with van der Waals surface area (Å²) in [5, 5.41) is 5.03. The van der Waals surface area contributed by atoms with Crippen molar-refractivity contribution in [2.24, 2.45) is 0 Å².